The predicted octanol–water partition coefficient (Wildman–Crippen LogP) is 1.89. The fraction of sp³-hybridized carbons (Fsp3) is 0.357. The molecule has 20 heavy (non-hydrogen) atoms. The molecular weight excluding hydrogens is 254 g/mol. The Bertz CT molecular complexity index is 656. The Morgan fingerprint density at radius 3 is 2.80 bits per heavy atom. The van der Waals surface area contributed by atoms with Gasteiger partial charge < -0.3 is 10.6 Å². The monoisotopic (exact) mass is 271 g/mol. The molecule has 0 fully saturated rings. The van der Waals surface area contributed by atoms with Crippen LogP contribution in [0.1, 0.15) is 42.9 Å². The molecule has 0 saturated heterocycles. The minimum atomic E-state index is -0.305. The summed E-state index contributed by atoms with van der Waals surface area (Å²) in [7, 11) is 0. The fourth-order valence-corrected chi connectivity index (χ4v) is 2.10. The van der Waals surface area contributed by atoms with Gasteiger partial charge in [0.25, 0.3) is 5.91 Å². The first-order chi connectivity index (χ1) is 9.45. The Morgan fingerprint density at radius 1 is 1.30 bits per heavy atom. The maximum absolute atomic E-state index is 12.1. The summed E-state index contributed by atoms with van der Waals surface area (Å²) in [6.45, 7) is 6.23. The largest absolute Gasteiger partial charge is 0.345 e. The van der Waals surface area contributed by atoms with E-state index < -0.39 is 0 Å². The third kappa shape index (κ3) is 2.13. The number of hydrogen-bond acceptors (Lipinski definition) is 4. The van der Waals surface area contributed by atoms with E-state index in [4.69, 9.17) is 0 Å². The zero-order chi connectivity index (χ0) is 14.3. The third-order valence-corrected chi connectivity index (χ3v) is 3.23. The SMILES string of the molecule is CC(C)(C)n1cc([C@@H]2NC(=O)c3cccnc3N2)cn1. The average Bonchev–Trinajstić information content (AvgIpc) is 2.88. The van der Waals surface area contributed by atoms with Crippen LogP contribution in [0.25, 0.3) is 0 Å². The molecule has 0 aromatic carbocycles. The number of aromatic nitrogens is 3. The van der Waals surface area contributed by atoms with Gasteiger partial charge in [-0.3, -0.25) is 9.48 Å². The number of amides is 1. The van der Waals surface area contributed by atoms with Crippen molar-refractivity contribution in [2.45, 2.75) is 32.5 Å². The normalized spacial score (nSPS) is 18.1. The van der Waals surface area contributed by atoms with E-state index in [-0.39, 0.29) is 17.6 Å². The summed E-state index contributed by atoms with van der Waals surface area (Å²) < 4.78 is 1.88. The molecule has 3 rings (SSSR count). The van der Waals surface area contributed by atoms with Crippen LogP contribution >= 0.6 is 0 Å². The highest BCUT2D eigenvalue weighted by Gasteiger charge is 2.27. The van der Waals surface area contributed by atoms with Crippen molar-refractivity contribution < 1.29 is 4.79 Å². The standard InChI is InChI=1S/C14H17N5O/c1-14(2,3)19-8-9(7-16-19)11-17-12-10(13(20)18-11)5-4-6-15-12/h4-8,11H,1-3H3,(H,15,17)(H,18,20)/t11-/m0/s1. The molecule has 0 saturated carbocycles. The highest BCUT2D eigenvalue weighted by Crippen LogP contribution is 2.25. The van der Waals surface area contributed by atoms with E-state index in [2.05, 4.69) is 41.5 Å². The van der Waals surface area contributed by atoms with Crippen LogP contribution in [-0.2, 0) is 5.54 Å². The number of fused-ring (bicyclic) bond motifs is 1. The Labute approximate surface area is 117 Å². The van der Waals surface area contributed by atoms with Gasteiger partial charge in [-0.15, -0.1) is 0 Å². The van der Waals surface area contributed by atoms with Gasteiger partial charge in [-0.05, 0) is 32.9 Å². The molecule has 1 aliphatic heterocycles. The Kier molecular flexibility index (Phi) is 2.74. The van der Waals surface area contributed by atoms with Crippen LogP contribution < -0.4 is 10.6 Å². The maximum atomic E-state index is 12.1. The number of rotatable bonds is 1. The lowest BCUT2D eigenvalue weighted by Crippen LogP contribution is -2.38. The summed E-state index contributed by atoms with van der Waals surface area (Å²) in [5.41, 5.74) is 1.38. The summed E-state index contributed by atoms with van der Waals surface area (Å²) >= 11 is 0. The van der Waals surface area contributed by atoms with Crippen LogP contribution in [0.15, 0.2) is 30.7 Å². The maximum Gasteiger partial charge on any atom is 0.256 e. The zero-order valence-electron chi connectivity index (χ0n) is 11.7. The van der Waals surface area contributed by atoms with Crippen LogP contribution in [0.2, 0.25) is 0 Å². The smallest absolute Gasteiger partial charge is 0.256 e. The fourth-order valence-electron chi connectivity index (χ4n) is 2.10. The molecule has 2 aromatic heterocycles. The van der Waals surface area contributed by atoms with Crippen LogP contribution in [0.4, 0.5) is 5.82 Å². The summed E-state index contributed by atoms with van der Waals surface area (Å²) in [6.07, 6.45) is 5.06. The molecule has 2 aromatic rings. The number of nitrogens with zero attached hydrogens (tertiary/aromatic N) is 3. The second-order valence-corrected chi connectivity index (χ2v) is 5.84. The molecule has 2 N–H and O–H groups in total. The van der Waals surface area contributed by atoms with Crippen LogP contribution in [0.5, 0.6) is 0 Å². The van der Waals surface area contributed by atoms with Crippen LogP contribution in [-0.4, -0.2) is 20.7 Å². The molecule has 1 atom stereocenters. The van der Waals surface area contributed by atoms with Crippen LogP contribution in [0.3, 0.4) is 0 Å². The van der Waals surface area contributed by atoms with Crippen molar-refractivity contribution in [2.24, 2.45) is 0 Å². The minimum absolute atomic E-state index is 0.0902. The van der Waals surface area contributed by atoms with Crippen molar-refractivity contribution in [3.05, 3.63) is 41.9 Å². The molecule has 1 amide bonds. The lowest BCUT2D eigenvalue weighted by molar-refractivity contribution is 0.0935. The Hall–Kier alpha value is -2.37. The first kappa shape index (κ1) is 12.7. The molecule has 3 heterocycles. The van der Waals surface area contributed by atoms with E-state index in [1.165, 1.54) is 0 Å². The van der Waals surface area contributed by atoms with Crippen molar-refractivity contribution in [1.82, 2.24) is 20.1 Å². The van der Waals surface area contributed by atoms with Gasteiger partial charge in [0.2, 0.25) is 0 Å². The summed E-state index contributed by atoms with van der Waals surface area (Å²) in [5.74, 6) is 0.477. The van der Waals surface area contributed by atoms with Crippen molar-refractivity contribution in [2.75, 3.05) is 5.32 Å². The van der Waals surface area contributed by atoms with Gasteiger partial charge in [-0.25, -0.2) is 4.98 Å². The first-order valence-corrected chi connectivity index (χ1v) is 6.52. The molecule has 0 bridgehead atoms. The topological polar surface area (TPSA) is 71.8 Å². The Balaban J connectivity index is 1.90. The van der Waals surface area contributed by atoms with E-state index in [0.717, 1.165) is 5.56 Å². The molecule has 1 aliphatic rings. The molecule has 0 radical (unpaired) electrons. The molecule has 0 unspecified atom stereocenters. The van der Waals surface area contributed by atoms with Crippen molar-refractivity contribution in [3.63, 3.8) is 0 Å². The Morgan fingerprint density at radius 2 is 2.10 bits per heavy atom. The number of carbonyl (C=O) groups is 1. The summed E-state index contributed by atoms with van der Waals surface area (Å²) in [4.78, 5) is 16.3. The van der Waals surface area contributed by atoms with Crippen molar-refractivity contribution in [1.29, 1.82) is 0 Å². The average molecular weight is 271 g/mol. The predicted molar refractivity (Wildman–Crippen MR) is 75.3 cm³/mol. The number of pyridine rings is 1. The van der Waals surface area contributed by atoms with Gasteiger partial charge in [0.15, 0.2) is 0 Å². The van der Waals surface area contributed by atoms with Gasteiger partial charge in [0, 0.05) is 18.0 Å². The zero-order valence-corrected chi connectivity index (χ0v) is 11.7. The molecular formula is C14H17N5O. The third-order valence-electron chi connectivity index (χ3n) is 3.23. The first-order valence-electron chi connectivity index (χ1n) is 6.52. The highest BCUT2D eigenvalue weighted by molar-refractivity contribution is 6.00. The van der Waals surface area contributed by atoms with Gasteiger partial charge >= 0.3 is 0 Å². The van der Waals surface area contributed by atoms with Gasteiger partial charge in [-0.2, -0.15) is 5.10 Å². The number of hydrogen-bond donors (Lipinski definition) is 2. The number of carbonyl (C=O) groups excluding carboxylic acids is 1. The second kappa shape index (κ2) is 4.33. The lowest BCUT2D eigenvalue weighted by Gasteiger charge is -2.26. The highest BCUT2D eigenvalue weighted by atomic mass is 16.2. The molecule has 0 spiro atoms. The minimum Gasteiger partial charge on any atom is -0.345 e. The van der Waals surface area contributed by atoms with Crippen molar-refractivity contribution in [3.8, 4) is 0 Å². The van der Waals surface area contributed by atoms with Gasteiger partial charge in [0.05, 0.1) is 17.3 Å². The van der Waals surface area contributed by atoms with Gasteiger partial charge in [-0.1, -0.05) is 0 Å². The van der Waals surface area contributed by atoms with E-state index in [1.54, 1.807) is 24.5 Å². The lowest BCUT2D eigenvalue weighted by atomic mass is 10.1. The molecule has 104 valence electrons. The second-order valence-electron chi connectivity index (χ2n) is 5.84. The van der Waals surface area contributed by atoms with E-state index in [9.17, 15) is 4.79 Å². The van der Waals surface area contributed by atoms with Gasteiger partial charge in [0.1, 0.15) is 12.0 Å². The van der Waals surface area contributed by atoms with E-state index in [1.807, 2.05) is 10.9 Å². The molecule has 6 nitrogen and oxygen atoms in total. The number of nitrogens with one attached hydrogen (secondary N) is 2. The van der Waals surface area contributed by atoms with E-state index >= 15 is 0 Å². The number of anilines is 1. The summed E-state index contributed by atoms with van der Waals surface area (Å²) in [6, 6.07) is 3.50. The quantitative estimate of drug-likeness (QED) is 0.830. The van der Waals surface area contributed by atoms with E-state index in [0.29, 0.717) is 11.4 Å². The van der Waals surface area contributed by atoms with Crippen LogP contribution in [0, 0.1) is 0 Å². The summed E-state index contributed by atoms with van der Waals surface area (Å²) in [5, 5.41) is 10.5. The molecule has 0 aliphatic carbocycles. The van der Waals surface area contributed by atoms with Crippen molar-refractivity contribution >= 4 is 11.7 Å². The molecule has 6 heteroatoms.